The molecule has 0 spiro atoms. The zero-order valence-electron chi connectivity index (χ0n) is 10.3. The predicted octanol–water partition coefficient (Wildman–Crippen LogP) is 5.04. The Labute approximate surface area is 103 Å². The third kappa shape index (κ3) is 2.00. The zero-order chi connectivity index (χ0) is 11.7. The number of benzene rings is 2. The van der Waals surface area contributed by atoms with Crippen LogP contribution in [0.4, 0.5) is 0 Å². The van der Waals surface area contributed by atoms with Crippen molar-refractivity contribution in [3.63, 3.8) is 0 Å². The van der Waals surface area contributed by atoms with Gasteiger partial charge < -0.3 is 0 Å². The molecule has 0 saturated heterocycles. The lowest BCUT2D eigenvalue weighted by atomic mass is 9.86. The Morgan fingerprint density at radius 3 is 2.65 bits per heavy atom. The van der Waals surface area contributed by atoms with E-state index in [2.05, 4.69) is 55.5 Å². The molecule has 0 heterocycles. The summed E-state index contributed by atoms with van der Waals surface area (Å²) in [6, 6.07) is 15.3. The molecule has 1 unspecified atom stereocenters. The summed E-state index contributed by atoms with van der Waals surface area (Å²) in [5.74, 6) is 0.855. The third-order valence-corrected chi connectivity index (χ3v) is 3.81. The molecule has 2 aromatic carbocycles. The highest BCUT2D eigenvalue weighted by Crippen LogP contribution is 2.33. The Hall–Kier alpha value is -1.56. The summed E-state index contributed by atoms with van der Waals surface area (Å²) >= 11 is 0. The van der Waals surface area contributed by atoms with Crippen molar-refractivity contribution < 1.29 is 0 Å². The van der Waals surface area contributed by atoms with E-state index in [0.29, 0.717) is 0 Å². The topological polar surface area (TPSA) is 0 Å². The molecule has 0 radical (unpaired) electrons. The van der Waals surface area contributed by atoms with Crippen LogP contribution in [0.25, 0.3) is 16.3 Å². The first-order valence-electron chi connectivity index (χ1n) is 6.52. The molecular formula is C17H18. The van der Waals surface area contributed by atoms with Crippen molar-refractivity contribution >= 4 is 16.3 Å². The molecule has 0 bridgehead atoms. The minimum absolute atomic E-state index is 0.855. The second kappa shape index (κ2) is 4.37. The quantitative estimate of drug-likeness (QED) is 0.634. The molecule has 17 heavy (non-hydrogen) atoms. The largest absolute Gasteiger partial charge is 0.0804 e. The molecule has 0 nitrogen and oxygen atoms in total. The van der Waals surface area contributed by atoms with Gasteiger partial charge in [-0.1, -0.05) is 55.5 Å². The van der Waals surface area contributed by atoms with Gasteiger partial charge in [0.25, 0.3) is 0 Å². The van der Waals surface area contributed by atoms with E-state index in [4.69, 9.17) is 0 Å². The highest BCUT2D eigenvalue weighted by molar-refractivity contribution is 5.93. The fourth-order valence-electron chi connectivity index (χ4n) is 2.72. The summed E-state index contributed by atoms with van der Waals surface area (Å²) in [5, 5.41) is 2.75. The summed E-state index contributed by atoms with van der Waals surface area (Å²) in [5.41, 5.74) is 2.98. The van der Waals surface area contributed by atoms with Crippen molar-refractivity contribution in [3.8, 4) is 0 Å². The van der Waals surface area contributed by atoms with Gasteiger partial charge in [-0.3, -0.25) is 0 Å². The van der Waals surface area contributed by atoms with Crippen molar-refractivity contribution in [1.29, 1.82) is 0 Å². The molecular weight excluding hydrogens is 204 g/mol. The molecule has 0 saturated carbocycles. The highest BCUT2D eigenvalue weighted by atomic mass is 14.2. The average Bonchev–Trinajstić information content (AvgIpc) is 2.39. The summed E-state index contributed by atoms with van der Waals surface area (Å²) in [7, 11) is 0. The smallest absolute Gasteiger partial charge is 0.0109 e. The fraction of sp³-hybridized carbons (Fsp3) is 0.294. The number of allylic oxidation sites excluding steroid dienone is 2. The minimum Gasteiger partial charge on any atom is -0.0804 e. The Kier molecular flexibility index (Phi) is 2.72. The standard InChI is InChI=1S/C17H18/c1-13-9-11-15(12-10-13)17-8-4-6-14-5-2-3-7-16(14)17/h2-8,11,13H,9-10,12H2,1H3. The Morgan fingerprint density at radius 2 is 1.82 bits per heavy atom. The first-order valence-corrected chi connectivity index (χ1v) is 6.52. The molecule has 86 valence electrons. The number of rotatable bonds is 1. The van der Waals surface area contributed by atoms with Gasteiger partial charge in [0.15, 0.2) is 0 Å². The van der Waals surface area contributed by atoms with E-state index in [-0.39, 0.29) is 0 Å². The molecule has 1 atom stereocenters. The first kappa shape index (κ1) is 10.6. The predicted molar refractivity (Wildman–Crippen MR) is 74.9 cm³/mol. The van der Waals surface area contributed by atoms with Crippen molar-refractivity contribution in [3.05, 3.63) is 54.1 Å². The SMILES string of the molecule is CC1CC=C(c2cccc3ccccc23)CC1. The van der Waals surface area contributed by atoms with Gasteiger partial charge in [-0.05, 0) is 47.1 Å². The van der Waals surface area contributed by atoms with Gasteiger partial charge in [0.05, 0.1) is 0 Å². The molecule has 0 N–H and O–H groups in total. The lowest BCUT2D eigenvalue weighted by Crippen LogP contribution is -2.01. The fourth-order valence-corrected chi connectivity index (χ4v) is 2.72. The van der Waals surface area contributed by atoms with Crippen LogP contribution in [0.3, 0.4) is 0 Å². The maximum absolute atomic E-state index is 2.44. The van der Waals surface area contributed by atoms with Crippen molar-refractivity contribution in [2.75, 3.05) is 0 Å². The van der Waals surface area contributed by atoms with E-state index in [1.54, 1.807) is 5.57 Å². The molecule has 2 aromatic rings. The first-order chi connectivity index (χ1) is 8.34. The van der Waals surface area contributed by atoms with Gasteiger partial charge in [0, 0.05) is 0 Å². The third-order valence-electron chi connectivity index (χ3n) is 3.81. The maximum atomic E-state index is 2.44. The lowest BCUT2D eigenvalue weighted by Gasteiger charge is -2.19. The van der Waals surface area contributed by atoms with Crippen LogP contribution in [-0.2, 0) is 0 Å². The molecule has 1 aliphatic carbocycles. The summed E-state index contributed by atoms with van der Waals surface area (Å²) in [6.07, 6.45) is 6.23. The van der Waals surface area contributed by atoms with Crippen molar-refractivity contribution in [2.24, 2.45) is 5.92 Å². The summed E-state index contributed by atoms with van der Waals surface area (Å²) < 4.78 is 0. The number of hydrogen-bond donors (Lipinski definition) is 0. The van der Waals surface area contributed by atoms with Crippen molar-refractivity contribution in [1.82, 2.24) is 0 Å². The van der Waals surface area contributed by atoms with Crippen LogP contribution in [0.5, 0.6) is 0 Å². The van der Waals surface area contributed by atoms with Gasteiger partial charge in [-0.25, -0.2) is 0 Å². The number of hydrogen-bond acceptors (Lipinski definition) is 0. The normalized spacial score (nSPS) is 20.3. The average molecular weight is 222 g/mol. The highest BCUT2D eigenvalue weighted by Gasteiger charge is 2.12. The molecule has 1 aliphatic rings. The maximum Gasteiger partial charge on any atom is -0.0109 e. The molecule has 0 aliphatic heterocycles. The summed E-state index contributed by atoms with van der Waals surface area (Å²) in [6.45, 7) is 2.34. The second-order valence-corrected chi connectivity index (χ2v) is 5.14. The Morgan fingerprint density at radius 1 is 1.00 bits per heavy atom. The van der Waals surface area contributed by atoms with Crippen LogP contribution in [-0.4, -0.2) is 0 Å². The summed E-state index contributed by atoms with van der Waals surface area (Å²) in [4.78, 5) is 0. The molecule has 0 aromatic heterocycles. The Bertz CT molecular complexity index is 558. The Balaban J connectivity index is 2.11. The van der Waals surface area contributed by atoms with Crippen molar-refractivity contribution in [2.45, 2.75) is 26.2 Å². The van der Waals surface area contributed by atoms with Crippen LogP contribution in [0, 0.1) is 5.92 Å². The molecule has 0 heteroatoms. The second-order valence-electron chi connectivity index (χ2n) is 5.14. The van der Waals surface area contributed by atoms with Crippen LogP contribution < -0.4 is 0 Å². The van der Waals surface area contributed by atoms with Crippen LogP contribution in [0.15, 0.2) is 48.5 Å². The van der Waals surface area contributed by atoms with Gasteiger partial charge in [-0.2, -0.15) is 0 Å². The van der Waals surface area contributed by atoms with Gasteiger partial charge in [-0.15, -0.1) is 0 Å². The number of fused-ring (bicyclic) bond motifs is 1. The molecule has 0 fully saturated rings. The lowest BCUT2D eigenvalue weighted by molar-refractivity contribution is 0.534. The van der Waals surface area contributed by atoms with Crippen LogP contribution >= 0.6 is 0 Å². The van der Waals surface area contributed by atoms with Crippen LogP contribution in [0.1, 0.15) is 31.7 Å². The van der Waals surface area contributed by atoms with Gasteiger partial charge >= 0.3 is 0 Å². The van der Waals surface area contributed by atoms with E-state index in [0.717, 1.165) is 5.92 Å². The van der Waals surface area contributed by atoms with Gasteiger partial charge in [0.2, 0.25) is 0 Å². The molecule has 3 rings (SSSR count). The van der Waals surface area contributed by atoms with E-state index in [9.17, 15) is 0 Å². The van der Waals surface area contributed by atoms with Gasteiger partial charge in [0.1, 0.15) is 0 Å². The minimum atomic E-state index is 0.855. The van der Waals surface area contributed by atoms with Crippen LogP contribution in [0.2, 0.25) is 0 Å². The zero-order valence-corrected chi connectivity index (χ0v) is 10.3. The monoisotopic (exact) mass is 222 g/mol. The van der Waals surface area contributed by atoms with E-state index in [1.165, 1.54) is 35.6 Å². The van der Waals surface area contributed by atoms with E-state index >= 15 is 0 Å². The van der Waals surface area contributed by atoms with E-state index in [1.807, 2.05) is 0 Å². The van der Waals surface area contributed by atoms with E-state index < -0.39 is 0 Å². The molecule has 0 amide bonds.